The van der Waals surface area contributed by atoms with Crippen LogP contribution in [-0.4, -0.2) is 29.5 Å². The molecule has 0 aliphatic rings. The second-order valence-corrected chi connectivity index (χ2v) is 8.21. The Hall–Kier alpha value is -4.04. The average Bonchev–Trinajstić information content (AvgIpc) is 2.85. The zero-order valence-electron chi connectivity index (χ0n) is 19.4. The first-order valence-electron chi connectivity index (χ1n) is 11.2. The Labute approximate surface area is 209 Å². The molecule has 3 rings (SSSR count). The van der Waals surface area contributed by atoms with Crippen molar-refractivity contribution in [2.24, 2.45) is 0 Å². The van der Waals surface area contributed by atoms with E-state index in [1.54, 1.807) is 30.3 Å². The van der Waals surface area contributed by atoms with Crippen molar-refractivity contribution in [3.8, 4) is 0 Å². The Bertz CT molecular complexity index is 1180. The topological polar surface area (TPSA) is 96.5 Å². The molecule has 35 heavy (non-hydrogen) atoms. The van der Waals surface area contributed by atoms with Crippen LogP contribution in [-0.2, 0) is 20.7 Å². The molecule has 2 amide bonds. The fraction of sp³-hybridized carbons (Fsp3) is 0.185. The van der Waals surface area contributed by atoms with E-state index in [0.29, 0.717) is 23.4 Å². The van der Waals surface area contributed by atoms with E-state index in [2.05, 4.69) is 16.0 Å². The minimum atomic E-state index is -0.432. The molecule has 180 valence electrons. The van der Waals surface area contributed by atoms with Crippen LogP contribution >= 0.6 is 12.2 Å². The number of anilines is 2. The molecule has 0 aromatic heterocycles. The molecule has 8 heteroatoms. The van der Waals surface area contributed by atoms with Gasteiger partial charge in [0.1, 0.15) is 0 Å². The van der Waals surface area contributed by atoms with E-state index in [1.807, 2.05) is 55.5 Å². The van der Waals surface area contributed by atoms with Gasteiger partial charge in [-0.1, -0.05) is 48.5 Å². The van der Waals surface area contributed by atoms with Crippen LogP contribution in [0.3, 0.4) is 0 Å². The Balaban J connectivity index is 1.36. The van der Waals surface area contributed by atoms with Gasteiger partial charge in [-0.3, -0.25) is 14.4 Å². The quantitative estimate of drug-likeness (QED) is 0.300. The van der Waals surface area contributed by atoms with Crippen LogP contribution in [0.25, 0.3) is 0 Å². The molecular weight excluding hydrogens is 462 g/mol. The first kappa shape index (κ1) is 25.6. The predicted octanol–water partition coefficient (Wildman–Crippen LogP) is 4.63. The van der Waals surface area contributed by atoms with Gasteiger partial charge in [0.25, 0.3) is 5.91 Å². The van der Waals surface area contributed by atoms with E-state index in [-0.39, 0.29) is 36.4 Å². The van der Waals surface area contributed by atoms with Gasteiger partial charge in [-0.25, -0.2) is 0 Å². The van der Waals surface area contributed by atoms with Crippen molar-refractivity contribution >= 4 is 46.5 Å². The molecule has 0 heterocycles. The van der Waals surface area contributed by atoms with Gasteiger partial charge in [-0.15, -0.1) is 0 Å². The number of hydrogen-bond donors (Lipinski definition) is 3. The second kappa shape index (κ2) is 13.0. The van der Waals surface area contributed by atoms with Crippen molar-refractivity contribution in [3.05, 3.63) is 95.6 Å². The van der Waals surface area contributed by atoms with Crippen LogP contribution in [0.2, 0.25) is 0 Å². The van der Waals surface area contributed by atoms with Crippen LogP contribution < -0.4 is 16.0 Å². The largest absolute Gasteiger partial charge is 0.465 e. The minimum Gasteiger partial charge on any atom is -0.465 e. The summed E-state index contributed by atoms with van der Waals surface area (Å²) in [4.78, 5) is 36.4. The van der Waals surface area contributed by atoms with E-state index in [9.17, 15) is 14.4 Å². The number of carbonyl (C=O) groups excluding carboxylic acids is 3. The first-order valence-corrected chi connectivity index (χ1v) is 11.6. The number of thiocarbonyl (C=S) groups is 1. The number of ether oxygens (including phenoxy) is 1. The third kappa shape index (κ3) is 8.68. The van der Waals surface area contributed by atoms with Gasteiger partial charge in [-0.05, 0) is 60.6 Å². The van der Waals surface area contributed by atoms with Gasteiger partial charge in [0.2, 0.25) is 5.91 Å². The third-order valence-electron chi connectivity index (χ3n) is 5.10. The lowest BCUT2D eigenvalue weighted by atomic mass is 10.1. The molecule has 0 fully saturated rings. The number of hydrogen-bond acceptors (Lipinski definition) is 5. The number of amides is 2. The lowest BCUT2D eigenvalue weighted by Crippen LogP contribution is -2.34. The van der Waals surface area contributed by atoms with Crippen molar-refractivity contribution < 1.29 is 19.1 Å². The summed E-state index contributed by atoms with van der Waals surface area (Å²) in [5.41, 5.74) is 3.86. The Morgan fingerprint density at radius 3 is 2.11 bits per heavy atom. The average molecular weight is 490 g/mol. The molecule has 0 radical (unpaired) electrons. The number of benzene rings is 3. The number of nitrogens with one attached hydrogen (secondary N) is 3. The highest BCUT2D eigenvalue weighted by Gasteiger charge is 2.11. The van der Waals surface area contributed by atoms with Gasteiger partial charge in [0, 0.05) is 29.8 Å². The molecule has 0 saturated carbocycles. The smallest absolute Gasteiger partial charge is 0.306 e. The minimum absolute atomic E-state index is 0.0292. The van der Waals surface area contributed by atoms with E-state index in [4.69, 9.17) is 17.0 Å². The number of aryl methyl sites for hydroxylation is 1. The molecule has 0 spiro atoms. The molecule has 3 aromatic carbocycles. The van der Waals surface area contributed by atoms with E-state index in [0.717, 1.165) is 11.1 Å². The Morgan fingerprint density at radius 2 is 1.43 bits per heavy atom. The van der Waals surface area contributed by atoms with Crippen LogP contribution in [0.1, 0.15) is 34.3 Å². The van der Waals surface area contributed by atoms with Crippen LogP contribution in [0, 0.1) is 6.92 Å². The molecule has 0 bridgehead atoms. The monoisotopic (exact) mass is 489 g/mol. The van der Waals surface area contributed by atoms with Crippen LogP contribution in [0.5, 0.6) is 0 Å². The maximum Gasteiger partial charge on any atom is 0.306 e. The summed E-state index contributed by atoms with van der Waals surface area (Å²) in [5, 5.41) is 8.41. The maximum atomic E-state index is 12.4. The van der Waals surface area contributed by atoms with Gasteiger partial charge < -0.3 is 20.7 Å². The first-order chi connectivity index (χ1) is 16.9. The zero-order valence-corrected chi connectivity index (χ0v) is 20.2. The van der Waals surface area contributed by atoms with Crippen molar-refractivity contribution in [1.29, 1.82) is 0 Å². The summed E-state index contributed by atoms with van der Waals surface area (Å²) in [6.07, 6.45) is 0.565. The van der Waals surface area contributed by atoms with Crippen molar-refractivity contribution in [2.45, 2.75) is 26.2 Å². The maximum absolute atomic E-state index is 12.4. The lowest BCUT2D eigenvalue weighted by Gasteiger charge is -2.11. The van der Waals surface area contributed by atoms with E-state index >= 15 is 0 Å². The van der Waals surface area contributed by atoms with Crippen molar-refractivity contribution in [1.82, 2.24) is 5.32 Å². The molecular formula is C27H27N3O4S. The van der Waals surface area contributed by atoms with Crippen molar-refractivity contribution in [2.75, 3.05) is 17.2 Å². The lowest BCUT2D eigenvalue weighted by molar-refractivity contribution is -0.144. The number of esters is 1. The summed E-state index contributed by atoms with van der Waals surface area (Å²) in [5.74, 6) is -1.01. The standard InChI is InChI=1S/C27H27N3O4S/c1-19-7-5-6-10-23(19)26(33)28-21-11-13-22(14-12-21)29-27(35)30-24(31)15-16-25(32)34-18-17-20-8-3-2-4-9-20/h2-14H,15-18H2,1H3,(H,28,33)(H2,29,30,31,35). The third-order valence-corrected chi connectivity index (χ3v) is 5.30. The summed E-state index contributed by atoms with van der Waals surface area (Å²) in [7, 11) is 0. The molecule has 0 atom stereocenters. The highest BCUT2D eigenvalue weighted by atomic mass is 32.1. The van der Waals surface area contributed by atoms with Gasteiger partial charge in [-0.2, -0.15) is 0 Å². The summed E-state index contributed by atoms with van der Waals surface area (Å²) in [6.45, 7) is 2.15. The second-order valence-electron chi connectivity index (χ2n) is 7.80. The Morgan fingerprint density at radius 1 is 0.800 bits per heavy atom. The van der Waals surface area contributed by atoms with E-state index < -0.39 is 5.97 Å². The molecule has 0 aliphatic heterocycles. The van der Waals surface area contributed by atoms with Crippen LogP contribution in [0.4, 0.5) is 11.4 Å². The van der Waals surface area contributed by atoms with Gasteiger partial charge in [0.15, 0.2) is 5.11 Å². The van der Waals surface area contributed by atoms with E-state index in [1.165, 1.54) is 0 Å². The summed E-state index contributed by atoms with van der Waals surface area (Å²) in [6, 6.07) is 24.0. The Kier molecular flexibility index (Phi) is 9.50. The fourth-order valence-corrected chi connectivity index (χ4v) is 3.46. The molecule has 0 aliphatic carbocycles. The summed E-state index contributed by atoms with van der Waals surface area (Å²) >= 11 is 5.17. The normalized spacial score (nSPS) is 10.2. The molecule has 3 aromatic rings. The van der Waals surface area contributed by atoms with Gasteiger partial charge in [0.05, 0.1) is 13.0 Å². The molecule has 7 nitrogen and oxygen atoms in total. The highest BCUT2D eigenvalue weighted by Crippen LogP contribution is 2.16. The molecule has 0 saturated heterocycles. The zero-order chi connectivity index (χ0) is 25.0. The molecule has 0 unspecified atom stereocenters. The fourth-order valence-electron chi connectivity index (χ4n) is 3.23. The van der Waals surface area contributed by atoms with Crippen molar-refractivity contribution in [3.63, 3.8) is 0 Å². The number of rotatable bonds is 9. The number of carbonyl (C=O) groups is 3. The van der Waals surface area contributed by atoms with Gasteiger partial charge >= 0.3 is 5.97 Å². The molecule has 3 N–H and O–H groups in total. The van der Waals surface area contributed by atoms with Crippen LogP contribution in [0.15, 0.2) is 78.9 Å². The SMILES string of the molecule is Cc1ccccc1C(=O)Nc1ccc(NC(=S)NC(=O)CCC(=O)OCCc2ccccc2)cc1. The predicted molar refractivity (Wildman–Crippen MR) is 140 cm³/mol. The highest BCUT2D eigenvalue weighted by molar-refractivity contribution is 7.80. The summed E-state index contributed by atoms with van der Waals surface area (Å²) < 4.78 is 5.17.